The smallest absolute Gasteiger partial charge is 0.301 e. The van der Waals surface area contributed by atoms with E-state index >= 15 is 0 Å². The van der Waals surface area contributed by atoms with Gasteiger partial charge in [0.25, 0.3) is 0 Å². The lowest BCUT2D eigenvalue weighted by atomic mass is 10.7. The number of rotatable bonds is 2. The first-order valence-corrected chi connectivity index (χ1v) is 5.42. The summed E-state index contributed by atoms with van der Waals surface area (Å²) in [5.74, 6) is 0. The first kappa shape index (κ1) is 9.01. The highest BCUT2D eigenvalue weighted by Crippen LogP contribution is 2.09. The molecule has 0 aromatic carbocycles. The van der Waals surface area contributed by atoms with Crippen molar-refractivity contribution in [1.29, 1.82) is 0 Å². The predicted molar refractivity (Wildman–Crippen MR) is 50.2 cm³/mol. The lowest BCUT2D eigenvalue weighted by Crippen LogP contribution is -2.15. The van der Waals surface area contributed by atoms with Crippen LogP contribution in [0.4, 0.5) is 0 Å². The Labute approximate surface area is 81.7 Å². The van der Waals surface area contributed by atoms with Gasteiger partial charge >= 0.3 is 10.0 Å². The minimum atomic E-state index is -3.51. The first-order chi connectivity index (χ1) is 6.62. The van der Waals surface area contributed by atoms with E-state index in [1.165, 1.54) is 23.2 Å². The molecule has 0 saturated heterocycles. The first-order valence-electron chi connectivity index (χ1n) is 3.98. The second-order valence-corrected chi connectivity index (χ2v) is 4.58. The van der Waals surface area contributed by atoms with Crippen molar-refractivity contribution in [2.24, 2.45) is 7.05 Å². The summed E-state index contributed by atoms with van der Waals surface area (Å²) < 4.78 is 26.3. The molecule has 2 heterocycles. The van der Waals surface area contributed by atoms with Crippen molar-refractivity contribution in [3.05, 3.63) is 36.9 Å². The summed E-state index contributed by atoms with van der Waals surface area (Å²) in [5, 5.41) is 0.0358. The Kier molecular flexibility index (Phi) is 1.92. The van der Waals surface area contributed by atoms with Crippen molar-refractivity contribution in [1.82, 2.24) is 13.5 Å². The van der Waals surface area contributed by atoms with Crippen LogP contribution in [0.3, 0.4) is 0 Å². The highest BCUT2D eigenvalue weighted by atomic mass is 32.2. The summed E-state index contributed by atoms with van der Waals surface area (Å²) in [6.45, 7) is 0. The van der Waals surface area contributed by atoms with Crippen LogP contribution in [-0.4, -0.2) is 21.9 Å². The van der Waals surface area contributed by atoms with E-state index in [1.54, 1.807) is 25.4 Å². The number of nitrogens with zero attached hydrogens (tertiary/aromatic N) is 3. The molecule has 0 aliphatic rings. The summed E-state index contributed by atoms with van der Waals surface area (Å²) in [7, 11) is -1.87. The van der Waals surface area contributed by atoms with Crippen LogP contribution in [0.2, 0.25) is 0 Å². The van der Waals surface area contributed by atoms with E-state index in [1.807, 2.05) is 0 Å². The van der Waals surface area contributed by atoms with Crippen LogP contribution < -0.4 is 0 Å². The summed E-state index contributed by atoms with van der Waals surface area (Å²) in [5.41, 5.74) is 0. The molecule has 0 unspecified atom stereocenters. The van der Waals surface area contributed by atoms with Gasteiger partial charge < -0.3 is 4.57 Å². The van der Waals surface area contributed by atoms with Gasteiger partial charge in [-0.15, -0.1) is 0 Å². The Balaban J connectivity index is 2.60. The maximum Gasteiger partial charge on any atom is 0.301 e. The minimum Gasteiger partial charge on any atom is -0.323 e. The average Bonchev–Trinajstić information content (AvgIpc) is 2.72. The van der Waals surface area contributed by atoms with E-state index in [0.29, 0.717) is 0 Å². The number of hydrogen-bond donors (Lipinski definition) is 0. The molecular formula is C8H9N3O2S. The predicted octanol–water partition coefficient (Wildman–Crippen LogP) is 0.459. The topological polar surface area (TPSA) is 56.9 Å². The number of aryl methyl sites for hydroxylation is 1. The fourth-order valence-corrected chi connectivity index (χ4v) is 2.44. The van der Waals surface area contributed by atoms with Gasteiger partial charge in [-0.1, -0.05) is 0 Å². The normalized spacial score (nSPS) is 11.8. The van der Waals surface area contributed by atoms with Gasteiger partial charge in [-0.3, -0.25) is 0 Å². The zero-order chi connectivity index (χ0) is 10.2. The fourth-order valence-electron chi connectivity index (χ4n) is 1.17. The van der Waals surface area contributed by atoms with Crippen molar-refractivity contribution in [2.45, 2.75) is 5.16 Å². The molecule has 0 N–H and O–H groups in total. The highest BCUT2D eigenvalue weighted by molar-refractivity contribution is 7.89. The molecule has 0 radical (unpaired) electrons. The highest BCUT2D eigenvalue weighted by Gasteiger charge is 2.19. The Bertz CT molecular complexity index is 525. The Morgan fingerprint density at radius 2 is 1.86 bits per heavy atom. The van der Waals surface area contributed by atoms with Crippen molar-refractivity contribution in [2.75, 3.05) is 0 Å². The SMILES string of the molecule is Cn1ccnc1S(=O)(=O)n1cccc1. The van der Waals surface area contributed by atoms with E-state index in [4.69, 9.17) is 0 Å². The van der Waals surface area contributed by atoms with Crippen LogP contribution >= 0.6 is 0 Å². The maximum atomic E-state index is 11.9. The van der Waals surface area contributed by atoms with Gasteiger partial charge in [0.15, 0.2) is 0 Å². The molecule has 6 heteroatoms. The van der Waals surface area contributed by atoms with Gasteiger partial charge in [-0.2, -0.15) is 8.42 Å². The van der Waals surface area contributed by atoms with E-state index < -0.39 is 10.0 Å². The minimum absolute atomic E-state index is 0.0358. The fraction of sp³-hybridized carbons (Fsp3) is 0.125. The molecule has 2 aromatic heterocycles. The molecule has 5 nitrogen and oxygen atoms in total. The molecule has 0 fully saturated rings. The molecule has 2 aromatic rings. The molecule has 2 rings (SSSR count). The Hall–Kier alpha value is -1.56. The van der Waals surface area contributed by atoms with Crippen molar-refractivity contribution < 1.29 is 8.42 Å². The zero-order valence-electron chi connectivity index (χ0n) is 7.53. The van der Waals surface area contributed by atoms with E-state index in [0.717, 1.165) is 3.97 Å². The monoisotopic (exact) mass is 211 g/mol. The summed E-state index contributed by atoms with van der Waals surface area (Å²) in [6, 6.07) is 3.31. The van der Waals surface area contributed by atoms with Crippen LogP contribution in [0, 0.1) is 0 Å². The molecular weight excluding hydrogens is 202 g/mol. The summed E-state index contributed by atoms with van der Waals surface area (Å²) in [4.78, 5) is 3.80. The molecule has 0 aliphatic heterocycles. The van der Waals surface area contributed by atoms with Gasteiger partial charge in [-0.05, 0) is 12.1 Å². The Morgan fingerprint density at radius 3 is 2.36 bits per heavy atom. The van der Waals surface area contributed by atoms with Gasteiger partial charge in [0, 0.05) is 31.8 Å². The standard InChI is InChI=1S/C8H9N3O2S/c1-10-7-4-9-8(10)14(12,13)11-5-2-3-6-11/h2-7H,1H3. The molecule has 14 heavy (non-hydrogen) atoms. The third-order valence-corrected chi connectivity index (χ3v) is 3.52. The van der Waals surface area contributed by atoms with E-state index in [2.05, 4.69) is 4.98 Å². The second-order valence-electron chi connectivity index (χ2n) is 2.84. The summed E-state index contributed by atoms with van der Waals surface area (Å²) in [6.07, 6.45) is 6.00. The van der Waals surface area contributed by atoms with Gasteiger partial charge in [-0.25, -0.2) is 8.96 Å². The number of aromatic nitrogens is 3. The van der Waals surface area contributed by atoms with E-state index in [-0.39, 0.29) is 5.16 Å². The zero-order valence-corrected chi connectivity index (χ0v) is 8.35. The lowest BCUT2D eigenvalue weighted by molar-refractivity contribution is 0.570. The maximum absolute atomic E-state index is 11.9. The molecule has 0 spiro atoms. The second kappa shape index (κ2) is 2.98. The molecule has 0 atom stereocenters. The van der Waals surface area contributed by atoms with Crippen molar-refractivity contribution in [3.63, 3.8) is 0 Å². The van der Waals surface area contributed by atoms with Gasteiger partial charge in [0.1, 0.15) is 0 Å². The quantitative estimate of drug-likeness (QED) is 0.725. The van der Waals surface area contributed by atoms with E-state index in [9.17, 15) is 8.42 Å². The van der Waals surface area contributed by atoms with Crippen molar-refractivity contribution in [3.8, 4) is 0 Å². The largest absolute Gasteiger partial charge is 0.323 e. The average molecular weight is 211 g/mol. The lowest BCUT2D eigenvalue weighted by Gasteiger charge is -2.04. The van der Waals surface area contributed by atoms with Gasteiger partial charge in [0.05, 0.1) is 0 Å². The molecule has 0 amide bonds. The van der Waals surface area contributed by atoms with Crippen molar-refractivity contribution >= 4 is 10.0 Å². The van der Waals surface area contributed by atoms with Crippen LogP contribution in [0.25, 0.3) is 0 Å². The molecule has 0 aliphatic carbocycles. The third kappa shape index (κ3) is 1.24. The Morgan fingerprint density at radius 1 is 1.21 bits per heavy atom. The van der Waals surface area contributed by atoms with Crippen LogP contribution in [0.15, 0.2) is 42.1 Å². The number of hydrogen-bond acceptors (Lipinski definition) is 3. The van der Waals surface area contributed by atoms with Crippen LogP contribution in [-0.2, 0) is 17.1 Å². The summed E-state index contributed by atoms with van der Waals surface area (Å²) >= 11 is 0. The van der Waals surface area contributed by atoms with Crippen LogP contribution in [0.1, 0.15) is 0 Å². The molecule has 0 saturated carbocycles. The number of imidazole rings is 1. The van der Waals surface area contributed by atoms with Gasteiger partial charge in [0.2, 0.25) is 5.16 Å². The third-order valence-electron chi connectivity index (χ3n) is 1.86. The molecule has 74 valence electrons. The molecule has 0 bridgehead atoms. The van der Waals surface area contributed by atoms with Crippen LogP contribution in [0.5, 0.6) is 0 Å².